The minimum atomic E-state index is -3.61. The van der Waals surface area contributed by atoms with E-state index in [0.717, 1.165) is 16.7 Å². The number of hydrogen-bond donors (Lipinski definition) is 2. The summed E-state index contributed by atoms with van der Waals surface area (Å²) >= 11 is 6.06. The van der Waals surface area contributed by atoms with E-state index in [1.54, 1.807) is 61.7 Å². The van der Waals surface area contributed by atoms with Crippen LogP contribution in [0.25, 0.3) is 11.1 Å². The van der Waals surface area contributed by atoms with Crippen molar-refractivity contribution in [3.05, 3.63) is 113 Å². The first-order valence-corrected chi connectivity index (χ1v) is 13.6. The Bertz CT molecular complexity index is 1560. The van der Waals surface area contributed by atoms with Gasteiger partial charge in [0, 0.05) is 22.3 Å². The summed E-state index contributed by atoms with van der Waals surface area (Å²) in [5.41, 5.74) is 4.66. The van der Waals surface area contributed by atoms with E-state index < -0.39 is 10.0 Å². The number of amides is 1. The number of sulfonamides is 1. The smallest absolute Gasteiger partial charge is 0.256 e. The fourth-order valence-corrected chi connectivity index (χ4v) is 6.05. The predicted molar refractivity (Wildman–Crippen MR) is 146 cm³/mol. The molecule has 0 saturated carbocycles. The molecule has 0 fully saturated rings. The van der Waals surface area contributed by atoms with E-state index in [-0.39, 0.29) is 16.8 Å². The van der Waals surface area contributed by atoms with Gasteiger partial charge in [0.1, 0.15) is 5.75 Å². The number of nitrogens with one attached hydrogen (secondary N) is 2. The van der Waals surface area contributed by atoms with Crippen molar-refractivity contribution in [1.29, 1.82) is 0 Å². The Hall–Kier alpha value is -3.65. The minimum absolute atomic E-state index is 0.244. The van der Waals surface area contributed by atoms with E-state index in [4.69, 9.17) is 16.3 Å². The van der Waals surface area contributed by atoms with Crippen LogP contribution in [-0.2, 0) is 22.9 Å². The number of carbonyl (C=O) groups excluding carboxylic acids is 1. The number of rotatable bonds is 7. The summed E-state index contributed by atoms with van der Waals surface area (Å²) in [6.45, 7) is 0. The molecule has 2 N–H and O–H groups in total. The van der Waals surface area contributed by atoms with Crippen molar-refractivity contribution < 1.29 is 17.9 Å². The lowest BCUT2D eigenvalue weighted by atomic mass is 9.97. The van der Waals surface area contributed by atoms with Crippen LogP contribution in [0.3, 0.4) is 0 Å². The molecule has 0 spiro atoms. The first-order chi connectivity index (χ1) is 17.8. The van der Waals surface area contributed by atoms with Gasteiger partial charge in [-0.05, 0) is 78.1 Å². The van der Waals surface area contributed by atoms with Crippen LogP contribution in [0, 0.1) is 0 Å². The molecule has 4 aromatic carbocycles. The number of fused-ring (bicyclic) bond motifs is 1. The lowest BCUT2D eigenvalue weighted by Gasteiger charge is -2.15. The van der Waals surface area contributed by atoms with Gasteiger partial charge in [-0.2, -0.15) is 0 Å². The van der Waals surface area contributed by atoms with Crippen molar-refractivity contribution >= 4 is 33.2 Å². The number of ether oxygens (including phenoxy) is 1. The summed E-state index contributed by atoms with van der Waals surface area (Å²) in [6.07, 6.45) is 1.13. The van der Waals surface area contributed by atoms with Gasteiger partial charge in [0.25, 0.3) is 5.91 Å². The molecule has 0 unspecified atom stereocenters. The second-order valence-corrected chi connectivity index (χ2v) is 11.0. The Balaban J connectivity index is 1.35. The Morgan fingerprint density at radius 3 is 2.35 bits per heavy atom. The van der Waals surface area contributed by atoms with E-state index >= 15 is 0 Å². The van der Waals surface area contributed by atoms with Gasteiger partial charge in [-0.1, -0.05) is 54.1 Å². The molecular weight excluding hydrogens is 508 g/mol. The molecule has 5 rings (SSSR count). The molecule has 1 aliphatic carbocycles. The fourth-order valence-electron chi connectivity index (χ4n) is 4.67. The van der Waals surface area contributed by atoms with E-state index in [2.05, 4.69) is 10.0 Å². The van der Waals surface area contributed by atoms with Crippen molar-refractivity contribution in [2.45, 2.75) is 23.8 Å². The van der Waals surface area contributed by atoms with Crippen molar-refractivity contribution in [3.63, 3.8) is 0 Å². The summed E-state index contributed by atoms with van der Waals surface area (Å²) in [5, 5.41) is 3.59. The second kappa shape index (κ2) is 10.4. The highest BCUT2D eigenvalue weighted by atomic mass is 35.5. The summed E-state index contributed by atoms with van der Waals surface area (Å²) in [5.74, 6) is 0.306. The van der Waals surface area contributed by atoms with Crippen LogP contribution in [0.2, 0.25) is 5.02 Å². The summed E-state index contributed by atoms with van der Waals surface area (Å²) in [7, 11) is -2.04. The largest absolute Gasteiger partial charge is 0.496 e. The molecule has 1 aliphatic rings. The van der Waals surface area contributed by atoms with Gasteiger partial charge in [-0.3, -0.25) is 4.79 Å². The quantitative estimate of drug-likeness (QED) is 0.319. The first kappa shape index (κ1) is 25.0. The molecule has 6 nitrogen and oxygen atoms in total. The predicted octanol–water partition coefficient (Wildman–Crippen LogP) is 5.71. The highest BCUT2D eigenvalue weighted by molar-refractivity contribution is 7.89. The highest BCUT2D eigenvalue weighted by Gasteiger charge is 2.27. The molecule has 8 heteroatoms. The molecule has 0 bridgehead atoms. The van der Waals surface area contributed by atoms with Crippen LogP contribution in [0.1, 0.15) is 21.5 Å². The average Bonchev–Trinajstić information content (AvgIpc) is 3.30. The van der Waals surface area contributed by atoms with Crippen LogP contribution in [0.5, 0.6) is 5.75 Å². The monoisotopic (exact) mass is 532 g/mol. The third-order valence-corrected chi connectivity index (χ3v) is 8.18. The van der Waals surface area contributed by atoms with E-state index in [1.807, 2.05) is 36.4 Å². The molecule has 4 aromatic rings. The lowest BCUT2D eigenvalue weighted by Crippen LogP contribution is -2.35. The molecule has 37 heavy (non-hydrogen) atoms. The fraction of sp³-hybridized carbons (Fsp3) is 0.138. The van der Waals surface area contributed by atoms with Crippen LogP contribution < -0.4 is 14.8 Å². The third kappa shape index (κ3) is 5.39. The van der Waals surface area contributed by atoms with Crippen LogP contribution in [-0.4, -0.2) is 27.5 Å². The summed E-state index contributed by atoms with van der Waals surface area (Å²) < 4.78 is 33.8. The van der Waals surface area contributed by atoms with Gasteiger partial charge in [0.15, 0.2) is 0 Å². The van der Waals surface area contributed by atoms with E-state index in [0.29, 0.717) is 40.4 Å². The zero-order valence-electron chi connectivity index (χ0n) is 20.1. The SMILES string of the molecule is COc1cccc(C(=O)Nc2ccc3c(c2)C[C@H](NS(=O)(=O)c2ccccc2)C3)c1-c1ccc(Cl)cc1. The maximum absolute atomic E-state index is 13.4. The Kier molecular flexibility index (Phi) is 7.02. The molecule has 188 valence electrons. The van der Waals surface area contributed by atoms with Gasteiger partial charge >= 0.3 is 0 Å². The minimum Gasteiger partial charge on any atom is -0.496 e. The molecule has 0 aliphatic heterocycles. The zero-order chi connectivity index (χ0) is 26.0. The number of benzene rings is 4. The highest BCUT2D eigenvalue weighted by Crippen LogP contribution is 2.35. The Morgan fingerprint density at radius 2 is 1.62 bits per heavy atom. The van der Waals surface area contributed by atoms with Crippen molar-refractivity contribution in [2.75, 3.05) is 12.4 Å². The number of carbonyl (C=O) groups is 1. The molecule has 0 radical (unpaired) electrons. The van der Waals surface area contributed by atoms with E-state index in [9.17, 15) is 13.2 Å². The number of anilines is 1. The number of halogens is 1. The first-order valence-electron chi connectivity index (χ1n) is 11.8. The van der Waals surface area contributed by atoms with Gasteiger partial charge in [0.05, 0.1) is 17.6 Å². The Labute approximate surface area is 221 Å². The normalized spacial score (nSPS) is 14.7. The molecular formula is C29H25ClN2O4S. The van der Waals surface area contributed by atoms with Gasteiger partial charge in [0.2, 0.25) is 10.0 Å². The van der Waals surface area contributed by atoms with Crippen LogP contribution >= 0.6 is 11.6 Å². The van der Waals surface area contributed by atoms with Crippen LogP contribution in [0.4, 0.5) is 5.69 Å². The second-order valence-electron chi connectivity index (χ2n) is 8.87. The molecule has 0 heterocycles. The number of methoxy groups -OCH3 is 1. The van der Waals surface area contributed by atoms with Crippen LogP contribution in [0.15, 0.2) is 95.9 Å². The molecule has 1 atom stereocenters. The number of hydrogen-bond acceptors (Lipinski definition) is 4. The molecule has 1 amide bonds. The van der Waals surface area contributed by atoms with Crippen molar-refractivity contribution in [2.24, 2.45) is 0 Å². The lowest BCUT2D eigenvalue weighted by molar-refractivity contribution is 0.102. The van der Waals surface area contributed by atoms with Gasteiger partial charge in [-0.15, -0.1) is 0 Å². The standard InChI is InChI=1S/C29H25ClN2O4S/c1-36-27-9-5-8-26(28(27)19-10-13-22(30)14-11-19)29(33)31-23-15-12-20-16-24(18-21(20)17-23)32-37(34,35)25-6-3-2-4-7-25/h2-15,17,24,32H,16,18H2,1H3,(H,31,33)/t24-/m1/s1. The van der Waals surface area contributed by atoms with Crippen molar-refractivity contribution in [3.8, 4) is 16.9 Å². The topological polar surface area (TPSA) is 84.5 Å². The van der Waals surface area contributed by atoms with E-state index in [1.165, 1.54) is 0 Å². The van der Waals surface area contributed by atoms with Crippen molar-refractivity contribution in [1.82, 2.24) is 4.72 Å². The summed E-state index contributed by atoms with van der Waals surface area (Å²) in [6, 6.07) is 26.4. The maximum Gasteiger partial charge on any atom is 0.256 e. The summed E-state index contributed by atoms with van der Waals surface area (Å²) in [4.78, 5) is 13.6. The zero-order valence-corrected chi connectivity index (χ0v) is 21.6. The molecule has 0 aromatic heterocycles. The van der Waals surface area contributed by atoms with Gasteiger partial charge in [-0.25, -0.2) is 13.1 Å². The average molecular weight is 533 g/mol. The Morgan fingerprint density at radius 1 is 0.892 bits per heavy atom. The third-order valence-electron chi connectivity index (χ3n) is 6.40. The molecule has 0 saturated heterocycles. The maximum atomic E-state index is 13.4. The van der Waals surface area contributed by atoms with Gasteiger partial charge < -0.3 is 10.1 Å².